The molecule has 138 valence electrons. The van der Waals surface area contributed by atoms with Crippen molar-refractivity contribution in [1.29, 1.82) is 0 Å². The standard InChI is InChI=1S/C18H22N6S.HI/c1-2-19-18(20-9-8-16-7-4-10-25-16)21-12-14-5-3-6-15(11-14)17-22-13-23-24-17;/h3-7,10-11,13H,2,8-9,12H2,1H3,(H2,19,20,21)(H,22,23,24);1H. The van der Waals surface area contributed by atoms with E-state index >= 15 is 0 Å². The molecule has 3 aromatic rings. The number of halogens is 1. The second-order valence-electron chi connectivity index (χ2n) is 5.49. The first-order valence-corrected chi connectivity index (χ1v) is 9.22. The van der Waals surface area contributed by atoms with E-state index in [4.69, 9.17) is 0 Å². The van der Waals surface area contributed by atoms with Gasteiger partial charge >= 0.3 is 0 Å². The third-order valence-corrected chi connectivity index (χ3v) is 4.56. The van der Waals surface area contributed by atoms with E-state index in [2.05, 4.69) is 67.4 Å². The lowest BCUT2D eigenvalue weighted by Gasteiger charge is -2.11. The Bertz CT molecular complexity index is 786. The van der Waals surface area contributed by atoms with Gasteiger partial charge in [0.15, 0.2) is 11.8 Å². The van der Waals surface area contributed by atoms with E-state index in [1.54, 1.807) is 11.3 Å². The monoisotopic (exact) mass is 482 g/mol. The fraction of sp³-hybridized carbons (Fsp3) is 0.278. The second kappa shape index (κ2) is 10.9. The Morgan fingerprint density at radius 2 is 2.15 bits per heavy atom. The van der Waals surface area contributed by atoms with Crippen molar-refractivity contribution in [3.8, 4) is 11.4 Å². The Morgan fingerprint density at radius 3 is 2.88 bits per heavy atom. The van der Waals surface area contributed by atoms with E-state index < -0.39 is 0 Å². The Hall–Kier alpha value is -1.94. The molecule has 0 saturated heterocycles. The number of hydrogen-bond acceptors (Lipinski definition) is 4. The third kappa shape index (κ3) is 6.10. The number of guanidine groups is 1. The number of thiophene rings is 1. The molecular weight excluding hydrogens is 459 g/mol. The third-order valence-electron chi connectivity index (χ3n) is 3.62. The summed E-state index contributed by atoms with van der Waals surface area (Å²) in [4.78, 5) is 10.2. The number of aliphatic imine (C=N–C) groups is 1. The van der Waals surface area contributed by atoms with Crippen LogP contribution in [-0.2, 0) is 13.0 Å². The average Bonchev–Trinajstić information content (AvgIpc) is 3.34. The Kier molecular flexibility index (Phi) is 8.56. The lowest BCUT2D eigenvalue weighted by Crippen LogP contribution is -2.38. The zero-order chi connectivity index (χ0) is 17.3. The van der Waals surface area contributed by atoms with Crippen molar-refractivity contribution in [1.82, 2.24) is 25.8 Å². The maximum absolute atomic E-state index is 4.68. The summed E-state index contributed by atoms with van der Waals surface area (Å²) in [5.41, 5.74) is 2.14. The zero-order valence-electron chi connectivity index (χ0n) is 14.6. The highest BCUT2D eigenvalue weighted by Gasteiger charge is 2.03. The van der Waals surface area contributed by atoms with Crippen molar-refractivity contribution in [2.45, 2.75) is 19.9 Å². The summed E-state index contributed by atoms with van der Waals surface area (Å²) in [6, 6.07) is 12.4. The molecule has 2 heterocycles. The van der Waals surface area contributed by atoms with E-state index in [9.17, 15) is 0 Å². The van der Waals surface area contributed by atoms with E-state index in [1.807, 2.05) is 12.1 Å². The summed E-state index contributed by atoms with van der Waals surface area (Å²) < 4.78 is 0. The van der Waals surface area contributed by atoms with Gasteiger partial charge < -0.3 is 10.6 Å². The van der Waals surface area contributed by atoms with Crippen LogP contribution in [0.5, 0.6) is 0 Å². The number of aromatic amines is 1. The summed E-state index contributed by atoms with van der Waals surface area (Å²) in [6.45, 7) is 4.38. The number of nitrogens with one attached hydrogen (secondary N) is 3. The van der Waals surface area contributed by atoms with E-state index in [0.717, 1.165) is 42.4 Å². The minimum Gasteiger partial charge on any atom is -0.357 e. The molecule has 0 unspecified atom stereocenters. The van der Waals surface area contributed by atoms with E-state index in [0.29, 0.717) is 6.54 Å². The highest BCUT2D eigenvalue weighted by molar-refractivity contribution is 14.0. The Labute approximate surface area is 174 Å². The minimum absolute atomic E-state index is 0. The van der Waals surface area contributed by atoms with E-state index in [1.165, 1.54) is 11.2 Å². The smallest absolute Gasteiger partial charge is 0.191 e. The van der Waals surface area contributed by atoms with Gasteiger partial charge in [-0.15, -0.1) is 35.3 Å². The van der Waals surface area contributed by atoms with Gasteiger partial charge in [0.05, 0.1) is 6.54 Å². The van der Waals surface area contributed by atoms with Crippen molar-refractivity contribution in [3.05, 3.63) is 58.5 Å². The lowest BCUT2D eigenvalue weighted by molar-refractivity contribution is 0.804. The van der Waals surface area contributed by atoms with Crippen LogP contribution in [-0.4, -0.2) is 34.2 Å². The van der Waals surface area contributed by atoms with E-state index in [-0.39, 0.29) is 24.0 Å². The van der Waals surface area contributed by atoms with Crippen LogP contribution in [0.1, 0.15) is 17.4 Å². The molecule has 3 N–H and O–H groups in total. The molecule has 6 nitrogen and oxygen atoms in total. The number of rotatable bonds is 7. The van der Waals surface area contributed by atoms with Crippen molar-refractivity contribution in [3.63, 3.8) is 0 Å². The summed E-state index contributed by atoms with van der Waals surface area (Å²) in [7, 11) is 0. The molecule has 0 aliphatic heterocycles. The molecule has 0 saturated carbocycles. The summed E-state index contributed by atoms with van der Waals surface area (Å²) in [6.07, 6.45) is 2.52. The molecule has 26 heavy (non-hydrogen) atoms. The van der Waals surface area contributed by atoms with Gasteiger partial charge in [-0.2, -0.15) is 5.10 Å². The van der Waals surface area contributed by atoms with Gasteiger partial charge in [0.2, 0.25) is 0 Å². The normalized spacial score (nSPS) is 11.0. The molecule has 0 amide bonds. The Morgan fingerprint density at radius 1 is 1.23 bits per heavy atom. The summed E-state index contributed by atoms with van der Waals surface area (Å²) in [5.74, 6) is 1.61. The first-order chi connectivity index (χ1) is 12.3. The van der Waals surface area contributed by atoms with Gasteiger partial charge in [0.25, 0.3) is 0 Å². The van der Waals surface area contributed by atoms with Crippen LogP contribution < -0.4 is 10.6 Å². The first-order valence-electron chi connectivity index (χ1n) is 8.34. The van der Waals surface area contributed by atoms with Crippen molar-refractivity contribution in [2.24, 2.45) is 4.99 Å². The minimum atomic E-state index is 0. The molecule has 0 radical (unpaired) electrons. The highest BCUT2D eigenvalue weighted by Crippen LogP contribution is 2.15. The SMILES string of the molecule is CCNC(=NCc1cccc(-c2ncn[nH]2)c1)NCCc1cccs1.I. The molecular formula is C18H23IN6S. The van der Waals surface area contributed by atoms with Gasteiger partial charge in [-0.3, -0.25) is 5.10 Å². The number of nitrogens with zero attached hydrogens (tertiary/aromatic N) is 3. The molecule has 1 aromatic carbocycles. The second-order valence-corrected chi connectivity index (χ2v) is 6.52. The van der Waals surface area contributed by atoms with Crippen LogP contribution in [0, 0.1) is 0 Å². The van der Waals surface area contributed by atoms with Crippen LogP contribution in [0.2, 0.25) is 0 Å². The van der Waals surface area contributed by atoms with Gasteiger partial charge in [0.1, 0.15) is 6.33 Å². The predicted octanol–water partition coefficient (Wildman–Crippen LogP) is 3.45. The lowest BCUT2D eigenvalue weighted by atomic mass is 10.1. The maximum Gasteiger partial charge on any atom is 0.191 e. The van der Waals surface area contributed by atoms with Crippen LogP contribution >= 0.6 is 35.3 Å². The largest absolute Gasteiger partial charge is 0.357 e. The molecule has 0 spiro atoms. The molecule has 0 bridgehead atoms. The topological polar surface area (TPSA) is 78.0 Å². The van der Waals surface area contributed by atoms with Crippen molar-refractivity contribution in [2.75, 3.05) is 13.1 Å². The van der Waals surface area contributed by atoms with Crippen molar-refractivity contribution < 1.29 is 0 Å². The number of aromatic nitrogens is 3. The number of hydrogen-bond donors (Lipinski definition) is 3. The molecule has 0 aliphatic carbocycles. The molecule has 0 atom stereocenters. The summed E-state index contributed by atoms with van der Waals surface area (Å²) in [5, 5.41) is 15.6. The van der Waals surface area contributed by atoms with Crippen LogP contribution in [0.3, 0.4) is 0 Å². The van der Waals surface area contributed by atoms with Crippen molar-refractivity contribution >= 4 is 41.3 Å². The van der Waals surface area contributed by atoms with Gasteiger partial charge in [-0.05, 0) is 36.4 Å². The fourth-order valence-electron chi connectivity index (χ4n) is 2.43. The predicted molar refractivity (Wildman–Crippen MR) is 118 cm³/mol. The maximum atomic E-state index is 4.68. The molecule has 2 aromatic heterocycles. The molecule has 0 aliphatic rings. The van der Waals surface area contributed by atoms with Gasteiger partial charge in [-0.1, -0.05) is 24.3 Å². The first kappa shape index (κ1) is 20.4. The number of H-pyrrole nitrogens is 1. The molecule has 0 fully saturated rings. The highest BCUT2D eigenvalue weighted by atomic mass is 127. The molecule has 8 heteroatoms. The average molecular weight is 482 g/mol. The fourth-order valence-corrected chi connectivity index (χ4v) is 3.14. The van der Waals surface area contributed by atoms with Crippen LogP contribution in [0.15, 0.2) is 53.1 Å². The van der Waals surface area contributed by atoms with Crippen LogP contribution in [0.25, 0.3) is 11.4 Å². The zero-order valence-corrected chi connectivity index (χ0v) is 17.8. The quantitative estimate of drug-likeness (QED) is 0.274. The summed E-state index contributed by atoms with van der Waals surface area (Å²) >= 11 is 1.78. The van der Waals surface area contributed by atoms with Gasteiger partial charge in [0, 0.05) is 23.5 Å². The number of benzene rings is 1. The molecule has 3 rings (SSSR count). The Balaban J connectivity index is 0.00000243. The van der Waals surface area contributed by atoms with Crippen LogP contribution in [0.4, 0.5) is 0 Å². The van der Waals surface area contributed by atoms with Gasteiger partial charge in [-0.25, -0.2) is 9.98 Å².